The zero-order valence-corrected chi connectivity index (χ0v) is 8.38. The molecular weight excluding hydrogens is 190 g/mol. The first-order chi connectivity index (χ1) is 6.22. The SMILES string of the molecule is COC[C@@H](C)Nc1cc(Cl)ncn1. The Kier molecular flexibility index (Phi) is 3.92. The quantitative estimate of drug-likeness (QED) is 0.752. The Labute approximate surface area is 82.3 Å². The highest BCUT2D eigenvalue weighted by atomic mass is 35.5. The summed E-state index contributed by atoms with van der Waals surface area (Å²) in [7, 11) is 1.66. The van der Waals surface area contributed by atoms with E-state index >= 15 is 0 Å². The first kappa shape index (κ1) is 10.2. The highest BCUT2D eigenvalue weighted by molar-refractivity contribution is 6.29. The third kappa shape index (κ3) is 3.57. The maximum atomic E-state index is 5.68. The highest BCUT2D eigenvalue weighted by Gasteiger charge is 2.02. The number of ether oxygens (including phenoxy) is 1. The lowest BCUT2D eigenvalue weighted by molar-refractivity contribution is 0.190. The molecule has 1 rings (SSSR count). The number of hydrogen-bond donors (Lipinski definition) is 1. The van der Waals surface area contributed by atoms with Crippen LogP contribution in [0.5, 0.6) is 0 Å². The molecule has 0 aliphatic carbocycles. The largest absolute Gasteiger partial charge is 0.383 e. The molecule has 13 heavy (non-hydrogen) atoms. The molecule has 1 heterocycles. The standard InChI is InChI=1S/C8H12ClN3O/c1-6(4-13-2)12-8-3-7(9)10-5-11-8/h3,5-6H,4H2,1-2H3,(H,10,11,12)/t6-/m1/s1. The van der Waals surface area contributed by atoms with Gasteiger partial charge in [0.05, 0.1) is 6.61 Å². The molecule has 5 heteroatoms. The molecule has 0 unspecified atom stereocenters. The smallest absolute Gasteiger partial charge is 0.134 e. The molecule has 0 aromatic carbocycles. The molecule has 1 aromatic heterocycles. The Balaban J connectivity index is 2.53. The number of halogens is 1. The molecular formula is C8H12ClN3O. The van der Waals surface area contributed by atoms with Crippen LogP contribution in [-0.4, -0.2) is 29.7 Å². The third-order valence-electron chi connectivity index (χ3n) is 1.44. The highest BCUT2D eigenvalue weighted by Crippen LogP contribution is 2.09. The van der Waals surface area contributed by atoms with Gasteiger partial charge in [-0.25, -0.2) is 9.97 Å². The second kappa shape index (κ2) is 4.99. The molecule has 0 aliphatic rings. The Morgan fingerprint density at radius 2 is 2.38 bits per heavy atom. The maximum Gasteiger partial charge on any atom is 0.134 e. The van der Waals surface area contributed by atoms with Crippen LogP contribution in [0.2, 0.25) is 5.15 Å². The van der Waals surface area contributed by atoms with Gasteiger partial charge in [0.25, 0.3) is 0 Å². The van der Waals surface area contributed by atoms with E-state index in [-0.39, 0.29) is 6.04 Å². The van der Waals surface area contributed by atoms with Gasteiger partial charge in [-0.1, -0.05) is 11.6 Å². The van der Waals surface area contributed by atoms with Gasteiger partial charge in [-0.15, -0.1) is 0 Å². The average Bonchev–Trinajstić information content (AvgIpc) is 2.04. The summed E-state index contributed by atoms with van der Waals surface area (Å²) in [4.78, 5) is 7.78. The molecule has 0 fully saturated rings. The predicted octanol–water partition coefficient (Wildman–Crippen LogP) is 1.58. The van der Waals surface area contributed by atoms with Crippen LogP contribution >= 0.6 is 11.6 Å². The van der Waals surface area contributed by atoms with Crippen LogP contribution in [0.25, 0.3) is 0 Å². The Morgan fingerprint density at radius 1 is 1.62 bits per heavy atom. The molecule has 0 aliphatic heterocycles. The average molecular weight is 202 g/mol. The molecule has 4 nitrogen and oxygen atoms in total. The van der Waals surface area contributed by atoms with E-state index in [1.54, 1.807) is 13.2 Å². The maximum absolute atomic E-state index is 5.68. The van der Waals surface area contributed by atoms with Gasteiger partial charge in [0.15, 0.2) is 0 Å². The van der Waals surface area contributed by atoms with E-state index in [9.17, 15) is 0 Å². The van der Waals surface area contributed by atoms with Crippen LogP contribution < -0.4 is 5.32 Å². The van der Waals surface area contributed by atoms with Crippen molar-refractivity contribution in [2.45, 2.75) is 13.0 Å². The summed E-state index contributed by atoms with van der Waals surface area (Å²) in [5.74, 6) is 0.713. The van der Waals surface area contributed by atoms with Gasteiger partial charge in [0, 0.05) is 19.2 Å². The number of nitrogens with zero attached hydrogens (tertiary/aromatic N) is 2. The lowest BCUT2D eigenvalue weighted by Gasteiger charge is -2.12. The molecule has 0 saturated carbocycles. The van der Waals surface area contributed by atoms with Crippen LogP contribution in [0.4, 0.5) is 5.82 Å². The Bertz CT molecular complexity index is 269. The van der Waals surface area contributed by atoms with Crippen molar-refractivity contribution in [2.75, 3.05) is 19.0 Å². The van der Waals surface area contributed by atoms with Crippen molar-refractivity contribution in [1.29, 1.82) is 0 Å². The van der Waals surface area contributed by atoms with Crippen molar-refractivity contribution in [1.82, 2.24) is 9.97 Å². The van der Waals surface area contributed by atoms with Gasteiger partial charge in [0.2, 0.25) is 0 Å². The van der Waals surface area contributed by atoms with Gasteiger partial charge in [-0.2, -0.15) is 0 Å². The Hall–Kier alpha value is -0.870. The summed E-state index contributed by atoms with van der Waals surface area (Å²) >= 11 is 5.68. The fourth-order valence-electron chi connectivity index (χ4n) is 0.957. The first-order valence-electron chi connectivity index (χ1n) is 3.95. The number of hydrogen-bond acceptors (Lipinski definition) is 4. The second-order valence-electron chi connectivity index (χ2n) is 2.73. The normalized spacial score (nSPS) is 12.5. The number of nitrogens with one attached hydrogen (secondary N) is 1. The fourth-order valence-corrected chi connectivity index (χ4v) is 1.10. The van der Waals surface area contributed by atoms with Crippen LogP contribution in [-0.2, 0) is 4.74 Å². The number of aromatic nitrogens is 2. The summed E-state index contributed by atoms with van der Waals surface area (Å²) in [6.07, 6.45) is 1.42. The molecule has 0 radical (unpaired) electrons. The predicted molar refractivity (Wildman–Crippen MR) is 52.0 cm³/mol. The van der Waals surface area contributed by atoms with Crippen molar-refractivity contribution < 1.29 is 4.74 Å². The molecule has 1 aromatic rings. The summed E-state index contributed by atoms with van der Waals surface area (Å²) < 4.78 is 4.97. The van der Waals surface area contributed by atoms with Crippen molar-refractivity contribution >= 4 is 17.4 Å². The van der Waals surface area contributed by atoms with Gasteiger partial charge in [-0.3, -0.25) is 0 Å². The van der Waals surface area contributed by atoms with Crippen molar-refractivity contribution in [3.05, 3.63) is 17.5 Å². The van der Waals surface area contributed by atoms with Gasteiger partial charge >= 0.3 is 0 Å². The first-order valence-corrected chi connectivity index (χ1v) is 4.33. The van der Waals surface area contributed by atoms with Gasteiger partial charge in [0.1, 0.15) is 17.3 Å². The van der Waals surface area contributed by atoms with Crippen molar-refractivity contribution in [3.8, 4) is 0 Å². The van der Waals surface area contributed by atoms with E-state index in [0.717, 1.165) is 0 Å². The van der Waals surface area contributed by atoms with E-state index in [1.807, 2.05) is 6.92 Å². The summed E-state index contributed by atoms with van der Waals surface area (Å²) in [5.41, 5.74) is 0. The lowest BCUT2D eigenvalue weighted by atomic mass is 10.3. The van der Waals surface area contributed by atoms with Crippen LogP contribution in [0.1, 0.15) is 6.92 Å². The lowest BCUT2D eigenvalue weighted by Crippen LogP contribution is -2.21. The van der Waals surface area contributed by atoms with Crippen molar-refractivity contribution in [3.63, 3.8) is 0 Å². The molecule has 1 N–H and O–H groups in total. The fraction of sp³-hybridized carbons (Fsp3) is 0.500. The van der Waals surface area contributed by atoms with E-state index in [4.69, 9.17) is 16.3 Å². The van der Waals surface area contributed by atoms with E-state index in [2.05, 4.69) is 15.3 Å². The molecule has 0 bridgehead atoms. The molecule has 0 amide bonds. The topological polar surface area (TPSA) is 47.0 Å². The second-order valence-corrected chi connectivity index (χ2v) is 3.11. The zero-order valence-electron chi connectivity index (χ0n) is 7.62. The zero-order chi connectivity index (χ0) is 9.68. The van der Waals surface area contributed by atoms with Crippen LogP contribution in [0.3, 0.4) is 0 Å². The van der Waals surface area contributed by atoms with E-state index in [0.29, 0.717) is 17.6 Å². The molecule has 0 saturated heterocycles. The van der Waals surface area contributed by atoms with E-state index < -0.39 is 0 Å². The van der Waals surface area contributed by atoms with Crippen LogP contribution in [0.15, 0.2) is 12.4 Å². The van der Waals surface area contributed by atoms with Gasteiger partial charge in [-0.05, 0) is 6.92 Å². The molecule has 72 valence electrons. The summed E-state index contributed by atoms with van der Waals surface area (Å²) in [6, 6.07) is 1.88. The minimum absolute atomic E-state index is 0.205. The van der Waals surface area contributed by atoms with Crippen LogP contribution in [0, 0.1) is 0 Å². The summed E-state index contributed by atoms with van der Waals surface area (Å²) in [6.45, 7) is 2.63. The minimum atomic E-state index is 0.205. The van der Waals surface area contributed by atoms with Crippen molar-refractivity contribution in [2.24, 2.45) is 0 Å². The summed E-state index contributed by atoms with van der Waals surface area (Å²) in [5, 5.41) is 3.56. The number of rotatable bonds is 4. The monoisotopic (exact) mass is 201 g/mol. The third-order valence-corrected chi connectivity index (χ3v) is 1.65. The molecule has 1 atom stereocenters. The van der Waals surface area contributed by atoms with Gasteiger partial charge < -0.3 is 10.1 Å². The number of anilines is 1. The Morgan fingerprint density at radius 3 is 3.00 bits per heavy atom. The minimum Gasteiger partial charge on any atom is -0.383 e. The molecule has 0 spiro atoms. The van der Waals surface area contributed by atoms with E-state index in [1.165, 1.54) is 6.33 Å². The number of methoxy groups -OCH3 is 1.